The minimum absolute atomic E-state index is 0.642. The predicted octanol–water partition coefficient (Wildman–Crippen LogP) is 13.7. The Morgan fingerprint density at radius 2 is 0.904 bits per heavy atom. The largest absolute Gasteiger partial charge is 0.309 e. The summed E-state index contributed by atoms with van der Waals surface area (Å²) in [6.45, 7) is 0. The molecule has 2 aromatic heterocycles. The standard InChI is InChI=1S/C49H30N2S/c50-31-32-25-38(29-39(26-32)35-13-8-15-37(28-35)41-20-10-21-45-44-19-3-6-24-48(44)52-49(41)45)34-12-7-11-33(27-34)36-14-9-16-40(30-36)51-46-22-4-1-17-42(46)43-18-2-5-23-47(43)51/h1-30H. The molecule has 0 bridgehead atoms. The number of nitrogens with zero attached hydrogens (tertiary/aromatic N) is 2. The molecule has 10 rings (SSSR count). The molecule has 0 saturated carbocycles. The number of rotatable bonds is 5. The molecule has 2 heterocycles. The zero-order valence-corrected chi connectivity index (χ0v) is 28.9. The van der Waals surface area contributed by atoms with Crippen molar-refractivity contribution < 1.29 is 0 Å². The molecule has 242 valence electrons. The number of para-hydroxylation sites is 2. The van der Waals surface area contributed by atoms with Crippen molar-refractivity contribution in [2.24, 2.45) is 0 Å². The van der Waals surface area contributed by atoms with Gasteiger partial charge < -0.3 is 4.57 Å². The van der Waals surface area contributed by atoms with Crippen molar-refractivity contribution in [3.8, 4) is 56.3 Å². The number of hydrogen-bond donors (Lipinski definition) is 0. The van der Waals surface area contributed by atoms with Crippen LogP contribution in [0.25, 0.3) is 92.2 Å². The molecule has 0 radical (unpaired) electrons. The van der Waals surface area contributed by atoms with Gasteiger partial charge in [0.15, 0.2) is 0 Å². The van der Waals surface area contributed by atoms with E-state index in [4.69, 9.17) is 0 Å². The van der Waals surface area contributed by atoms with Crippen molar-refractivity contribution in [1.29, 1.82) is 5.26 Å². The molecule has 0 unspecified atom stereocenters. The molecule has 0 aliphatic carbocycles. The highest BCUT2D eigenvalue weighted by Gasteiger charge is 2.14. The molecule has 0 N–H and O–H groups in total. The maximum absolute atomic E-state index is 10.2. The predicted molar refractivity (Wildman–Crippen MR) is 220 cm³/mol. The lowest BCUT2D eigenvalue weighted by Crippen LogP contribution is -1.94. The average Bonchev–Trinajstić information content (AvgIpc) is 3.77. The van der Waals surface area contributed by atoms with Crippen molar-refractivity contribution in [3.63, 3.8) is 0 Å². The first-order valence-corrected chi connectivity index (χ1v) is 18.3. The van der Waals surface area contributed by atoms with E-state index in [1.165, 1.54) is 53.1 Å². The molecule has 0 aliphatic rings. The fourth-order valence-electron chi connectivity index (χ4n) is 7.77. The van der Waals surface area contributed by atoms with Gasteiger partial charge in [-0.1, -0.05) is 121 Å². The second-order valence-corrected chi connectivity index (χ2v) is 14.3. The number of fused-ring (bicyclic) bond motifs is 6. The summed E-state index contributed by atoms with van der Waals surface area (Å²) < 4.78 is 4.95. The van der Waals surface area contributed by atoms with Crippen LogP contribution in [0, 0.1) is 11.3 Å². The highest BCUT2D eigenvalue weighted by molar-refractivity contribution is 7.26. The maximum atomic E-state index is 10.2. The van der Waals surface area contributed by atoms with Gasteiger partial charge in [-0.2, -0.15) is 5.26 Å². The molecule has 0 aliphatic heterocycles. The number of aromatic nitrogens is 1. The Kier molecular flexibility index (Phi) is 7.09. The molecule has 0 saturated heterocycles. The lowest BCUT2D eigenvalue weighted by molar-refractivity contribution is 1.18. The van der Waals surface area contributed by atoms with Crippen LogP contribution in [0.15, 0.2) is 182 Å². The summed E-state index contributed by atoms with van der Waals surface area (Å²) in [6, 6.07) is 67.3. The Hall–Kier alpha value is -6.73. The Balaban J connectivity index is 1.04. The Bertz CT molecular complexity index is 2990. The monoisotopic (exact) mass is 678 g/mol. The van der Waals surface area contributed by atoms with Gasteiger partial charge in [0.1, 0.15) is 0 Å². The topological polar surface area (TPSA) is 28.7 Å². The Morgan fingerprint density at radius 3 is 1.60 bits per heavy atom. The van der Waals surface area contributed by atoms with Crippen molar-refractivity contribution in [1.82, 2.24) is 4.57 Å². The average molecular weight is 679 g/mol. The number of benzene rings is 8. The molecule has 8 aromatic carbocycles. The van der Waals surface area contributed by atoms with Crippen molar-refractivity contribution in [2.75, 3.05) is 0 Å². The quantitative estimate of drug-likeness (QED) is 0.178. The molecule has 10 aromatic rings. The molecule has 2 nitrogen and oxygen atoms in total. The number of hydrogen-bond acceptors (Lipinski definition) is 2. The maximum Gasteiger partial charge on any atom is 0.0992 e. The molecule has 0 atom stereocenters. The van der Waals surface area contributed by atoms with Crippen LogP contribution < -0.4 is 0 Å². The molecule has 0 fully saturated rings. The van der Waals surface area contributed by atoms with Crippen molar-refractivity contribution in [2.45, 2.75) is 0 Å². The van der Waals surface area contributed by atoms with Gasteiger partial charge in [0.2, 0.25) is 0 Å². The van der Waals surface area contributed by atoms with Gasteiger partial charge in [-0.3, -0.25) is 0 Å². The summed E-state index contributed by atoms with van der Waals surface area (Å²) in [5.74, 6) is 0. The third-order valence-corrected chi connectivity index (χ3v) is 11.4. The van der Waals surface area contributed by atoms with Gasteiger partial charge in [0, 0.05) is 36.6 Å². The normalized spacial score (nSPS) is 11.4. The minimum Gasteiger partial charge on any atom is -0.309 e. The summed E-state index contributed by atoms with van der Waals surface area (Å²) >= 11 is 1.85. The Labute approximate surface area is 305 Å². The van der Waals surface area contributed by atoms with Crippen LogP contribution in [0.2, 0.25) is 0 Å². The molecular formula is C49H30N2S. The summed E-state index contributed by atoms with van der Waals surface area (Å²) in [7, 11) is 0. The number of thiophene rings is 1. The molecule has 52 heavy (non-hydrogen) atoms. The van der Waals surface area contributed by atoms with Crippen LogP contribution in [0.1, 0.15) is 5.56 Å². The molecule has 0 amide bonds. The zero-order valence-electron chi connectivity index (χ0n) is 28.1. The fourth-order valence-corrected chi connectivity index (χ4v) is 9.01. The zero-order chi connectivity index (χ0) is 34.6. The van der Waals surface area contributed by atoms with E-state index >= 15 is 0 Å². The minimum atomic E-state index is 0.642. The summed E-state index contributed by atoms with van der Waals surface area (Å²) in [5, 5.41) is 15.2. The lowest BCUT2D eigenvalue weighted by Gasteiger charge is -2.12. The summed E-state index contributed by atoms with van der Waals surface area (Å²) in [6.07, 6.45) is 0. The van der Waals surface area contributed by atoms with E-state index in [-0.39, 0.29) is 0 Å². The molecule has 3 heteroatoms. The molecule has 0 spiro atoms. The van der Waals surface area contributed by atoms with Crippen LogP contribution in [0.4, 0.5) is 0 Å². The SMILES string of the molecule is N#Cc1cc(-c2cccc(-c3cccc(-n4c5ccccc5c5ccccc54)c3)c2)cc(-c2cccc(-c3cccc4c3sc3ccccc34)c2)c1. The van der Waals surface area contributed by atoms with Crippen molar-refractivity contribution in [3.05, 3.63) is 188 Å². The third-order valence-electron chi connectivity index (χ3n) is 10.2. The summed E-state index contributed by atoms with van der Waals surface area (Å²) in [4.78, 5) is 0. The van der Waals surface area contributed by atoms with Gasteiger partial charge >= 0.3 is 0 Å². The van der Waals surface area contributed by atoms with E-state index in [0.717, 1.165) is 39.1 Å². The first kappa shape index (κ1) is 30.1. The molecular weight excluding hydrogens is 649 g/mol. The van der Waals surface area contributed by atoms with E-state index in [1.807, 2.05) is 23.5 Å². The van der Waals surface area contributed by atoms with E-state index in [9.17, 15) is 5.26 Å². The summed E-state index contributed by atoms with van der Waals surface area (Å²) in [5.41, 5.74) is 13.0. The third kappa shape index (κ3) is 5.01. The van der Waals surface area contributed by atoms with E-state index in [1.54, 1.807) is 0 Å². The van der Waals surface area contributed by atoms with Crippen LogP contribution >= 0.6 is 11.3 Å². The second kappa shape index (κ2) is 12.2. The van der Waals surface area contributed by atoms with E-state index in [0.29, 0.717) is 5.56 Å². The first-order chi connectivity index (χ1) is 25.7. The lowest BCUT2D eigenvalue weighted by atomic mass is 9.93. The van der Waals surface area contributed by atoms with Gasteiger partial charge in [0.25, 0.3) is 0 Å². The van der Waals surface area contributed by atoms with Crippen LogP contribution in [0.5, 0.6) is 0 Å². The second-order valence-electron chi connectivity index (χ2n) is 13.3. The first-order valence-electron chi connectivity index (χ1n) is 17.5. The van der Waals surface area contributed by atoms with Crippen molar-refractivity contribution >= 4 is 53.3 Å². The van der Waals surface area contributed by atoms with Gasteiger partial charge in [0.05, 0.1) is 22.7 Å². The highest BCUT2D eigenvalue weighted by atomic mass is 32.1. The van der Waals surface area contributed by atoms with Crippen LogP contribution in [-0.2, 0) is 0 Å². The van der Waals surface area contributed by atoms with Gasteiger partial charge in [-0.15, -0.1) is 11.3 Å². The van der Waals surface area contributed by atoms with Crippen LogP contribution in [-0.4, -0.2) is 4.57 Å². The van der Waals surface area contributed by atoms with E-state index < -0.39 is 0 Å². The highest BCUT2D eigenvalue weighted by Crippen LogP contribution is 2.41. The smallest absolute Gasteiger partial charge is 0.0992 e. The van der Waals surface area contributed by atoms with Gasteiger partial charge in [-0.25, -0.2) is 0 Å². The van der Waals surface area contributed by atoms with Gasteiger partial charge in [-0.05, 0) is 105 Å². The Morgan fingerprint density at radius 1 is 0.404 bits per heavy atom. The fraction of sp³-hybridized carbons (Fsp3) is 0. The van der Waals surface area contributed by atoms with E-state index in [2.05, 4.69) is 180 Å². The van der Waals surface area contributed by atoms with Crippen LogP contribution in [0.3, 0.4) is 0 Å². The number of nitriles is 1.